The number of hydrogen-bond acceptors (Lipinski definition) is 3. The van der Waals surface area contributed by atoms with Gasteiger partial charge in [0.2, 0.25) is 0 Å². The minimum Gasteiger partial charge on any atom is -0.298 e. The summed E-state index contributed by atoms with van der Waals surface area (Å²) in [5.74, 6) is -2.05. The fourth-order valence-corrected chi connectivity index (χ4v) is 2.36. The van der Waals surface area contributed by atoms with E-state index in [0.29, 0.717) is 19.3 Å². The Morgan fingerprint density at radius 1 is 0.667 bits per heavy atom. The second-order valence-corrected chi connectivity index (χ2v) is 4.09. The highest BCUT2D eigenvalue weighted by molar-refractivity contribution is 6.23. The van der Waals surface area contributed by atoms with Crippen LogP contribution in [-0.2, 0) is 14.4 Å². The molecule has 0 heterocycles. The van der Waals surface area contributed by atoms with Crippen LogP contribution in [0.15, 0.2) is 0 Å². The summed E-state index contributed by atoms with van der Waals surface area (Å²) in [4.78, 5) is 35.5. The summed E-state index contributed by atoms with van der Waals surface area (Å²) in [6, 6.07) is 0. The molecule has 15 heavy (non-hydrogen) atoms. The van der Waals surface area contributed by atoms with Crippen LogP contribution in [0.3, 0.4) is 0 Å². The van der Waals surface area contributed by atoms with E-state index in [2.05, 4.69) is 0 Å². The van der Waals surface area contributed by atoms with Crippen molar-refractivity contribution in [1.29, 1.82) is 0 Å². The summed E-state index contributed by atoms with van der Waals surface area (Å²) >= 11 is 0. The number of ketones is 3. The average Bonchev–Trinajstić information content (AvgIpc) is 2.19. The Morgan fingerprint density at radius 3 is 1.00 bits per heavy atom. The molecule has 3 heteroatoms. The highest BCUT2D eigenvalue weighted by atomic mass is 16.2. The predicted octanol–water partition coefficient (Wildman–Crippen LogP) is 1.79. The van der Waals surface area contributed by atoms with Crippen LogP contribution in [0, 0.1) is 17.8 Å². The predicted molar refractivity (Wildman–Crippen MR) is 56.4 cm³/mol. The Balaban J connectivity index is 3.03. The first-order valence-corrected chi connectivity index (χ1v) is 5.69. The smallest absolute Gasteiger partial charge is 0.153 e. The molecule has 0 aromatic rings. The van der Waals surface area contributed by atoms with Gasteiger partial charge in [0.15, 0.2) is 17.3 Å². The van der Waals surface area contributed by atoms with E-state index in [1.807, 2.05) is 20.8 Å². The van der Waals surface area contributed by atoms with Gasteiger partial charge in [0.05, 0.1) is 17.8 Å². The maximum Gasteiger partial charge on any atom is 0.153 e. The molecule has 0 bridgehead atoms. The first-order valence-electron chi connectivity index (χ1n) is 5.69. The normalized spacial score (nSPS) is 32.2. The van der Waals surface area contributed by atoms with Crippen molar-refractivity contribution < 1.29 is 14.4 Å². The highest BCUT2D eigenvalue weighted by Crippen LogP contribution is 2.30. The van der Waals surface area contributed by atoms with Crippen molar-refractivity contribution in [2.45, 2.75) is 40.0 Å². The molecule has 0 spiro atoms. The van der Waals surface area contributed by atoms with Gasteiger partial charge in [-0.15, -0.1) is 0 Å². The summed E-state index contributed by atoms with van der Waals surface area (Å²) in [5, 5.41) is 0. The fraction of sp³-hybridized carbons (Fsp3) is 0.750. The molecule has 0 aliphatic heterocycles. The third-order valence-corrected chi connectivity index (χ3v) is 3.29. The van der Waals surface area contributed by atoms with E-state index in [4.69, 9.17) is 0 Å². The zero-order chi connectivity index (χ0) is 11.6. The standard InChI is InChI=1S/C12H18O3/c1-4-7-10(13)8(5-2)12(15)9(6-3)11(7)14/h7-9H,4-6H2,1-3H3. The largest absolute Gasteiger partial charge is 0.298 e. The van der Waals surface area contributed by atoms with E-state index in [-0.39, 0.29) is 17.3 Å². The number of rotatable bonds is 3. The van der Waals surface area contributed by atoms with Crippen molar-refractivity contribution in [3.63, 3.8) is 0 Å². The minimum atomic E-state index is -0.530. The monoisotopic (exact) mass is 210 g/mol. The van der Waals surface area contributed by atoms with E-state index < -0.39 is 17.8 Å². The summed E-state index contributed by atoms with van der Waals surface area (Å²) < 4.78 is 0. The molecule has 1 aliphatic carbocycles. The molecule has 3 nitrogen and oxygen atoms in total. The van der Waals surface area contributed by atoms with Crippen molar-refractivity contribution in [2.75, 3.05) is 0 Å². The lowest BCUT2D eigenvalue weighted by molar-refractivity contribution is -0.150. The number of hydrogen-bond donors (Lipinski definition) is 0. The third-order valence-electron chi connectivity index (χ3n) is 3.29. The molecular weight excluding hydrogens is 192 g/mol. The number of carbonyl (C=O) groups is 3. The molecule has 0 aromatic heterocycles. The van der Waals surface area contributed by atoms with E-state index >= 15 is 0 Å². The van der Waals surface area contributed by atoms with Crippen molar-refractivity contribution in [1.82, 2.24) is 0 Å². The molecule has 1 aliphatic rings. The minimum absolute atomic E-state index is 0.153. The van der Waals surface area contributed by atoms with Crippen molar-refractivity contribution in [3.8, 4) is 0 Å². The Hall–Kier alpha value is -0.990. The van der Waals surface area contributed by atoms with E-state index in [1.165, 1.54) is 0 Å². The van der Waals surface area contributed by atoms with Crippen LogP contribution in [0.25, 0.3) is 0 Å². The lowest BCUT2D eigenvalue weighted by atomic mass is 9.69. The van der Waals surface area contributed by atoms with Crippen molar-refractivity contribution >= 4 is 17.3 Å². The first kappa shape index (κ1) is 12.1. The second-order valence-electron chi connectivity index (χ2n) is 4.09. The van der Waals surface area contributed by atoms with Gasteiger partial charge in [0.1, 0.15) is 0 Å². The van der Waals surface area contributed by atoms with Crippen LogP contribution in [-0.4, -0.2) is 17.3 Å². The molecule has 0 amide bonds. The van der Waals surface area contributed by atoms with E-state index in [9.17, 15) is 14.4 Å². The van der Waals surface area contributed by atoms with Crippen LogP contribution in [0.4, 0.5) is 0 Å². The number of carbonyl (C=O) groups excluding carboxylic acids is 3. The van der Waals surface area contributed by atoms with Crippen LogP contribution in [0.2, 0.25) is 0 Å². The van der Waals surface area contributed by atoms with Gasteiger partial charge in [-0.05, 0) is 19.3 Å². The summed E-state index contributed by atoms with van der Waals surface area (Å²) in [6.07, 6.45) is 1.58. The molecule has 0 radical (unpaired) electrons. The number of Topliss-reactive ketones (excluding diaryl/α,β-unsaturated/α-hetero) is 3. The van der Waals surface area contributed by atoms with Gasteiger partial charge in [-0.2, -0.15) is 0 Å². The van der Waals surface area contributed by atoms with Crippen molar-refractivity contribution in [3.05, 3.63) is 0 Å². The topological polar surface area (TPSA) is 51.2 Å². The van der Waals surface area contributed by atoms with Crippen LogP contribution < -0.4 is 0 Å². The molecule has 1 fully saturated rings. The molecule has 0 saturated heterocycles. The summed E-state index contributed by atoms with van der Waals surface area (Å²) in [7, 11) is 0. The van der Waals surface area contributed by atoms with E-state index in [1.54, 1.807) is 0 Å². The van der Waals surface area contributed by atoms with E-state index in [0.717, 1.165) is 0 Å². The zero-order valence-corrected chi connectivity index (χ0v) is 9.58. The molecule has 1 rings (SSSR count). The van der Waals surface area contributed by atoms with Gasteiger partial charge in [0, 0.05) is 0 Å². The lowest BCUT2D eigenvalue weighted by Gasteiger charge is -2.29. The van der Waals surface area contributed by atoms with Crippen LogP contribution in [0.1, 0.15) is 40.0 Å². The van der Waals surface area contributed by atoms with Crippen LogP contribution >= 0.6 is 0 Å². The van der Waals surface area contributed by atoms with Gasteiger partial charge in [-0.1, -0.05) is 20.8 Å². The molecule has 0 atom stereocenters. The second kappa shape index (κ2) is 4.69. The molecular formula is C12H18O3. The molecule has 0 N–H and O–H groups in total. The fourth-order valence-electron chi connectivity index (χ4n) is 2.36. The zero-order valence-electron chi connectivity index (χ0n) is 9.58. The first-order chi connectivity index (χ1) is 7.08. The summed E-state index contributed by atoms with van der Waals surface area (Å²) in [5.41, 5.74) is 0. The SMILES string of the molecule is CCC1C(=O)C(CC)C(=O)C(CC)C1=O. The Bertz CT molecular complexity index is 228. The average molecular weight is 210 g/mol. The Morgan fingerprint density at radius 2 is 0.867 bits per heavy atom. The molecule has 0 unspecified atom stereocenters. The Labute approximate surface area is 90.2 Å². The van der Waals surface area contributed by atoms with Gasteiger partial charge < -0.3 is 0 Å². The summed E-state index contributed by atoms with van der Waals surface area (Å²) in [6.45, 7) is 5.49. The lowest BCUT2D eigenvalue weighted by Crippen LogP contribution is -2.47. The van der Waals surface area contributed by atoms with Crippen molar-refractivity contribution in [2.24, 2.45) is 17.8 Å². The molecule has 84 valence electrons. The Kier molecular flexibility index (Phi) is 3.77. The maximum absolute atomic E-state index is 11.8. The third kappa shape index (κ3) is 1.87. The maximum atomic E-state index is 11.8. The van der Waals surface area contributed by atoms with Gasteiger partial charge in [-0.25, -0.2) is 0 Å². The van der Waals surface area contributed by atoms with Crippen LogP contribution in [0.5, 0.6) is 0 Å². The highest BCUT2D eigenvalue weighted by Gasteiger charge is 2.46. The van der Waals surface area contributed by atoms with Gasteiger partial charge in [0.25, 0.3) is 0 Å². The molecule has 0 aromatic carbocycles. The molecule has 1 saturated carbocycles. The van der Waals surface area contributed by atoms with Gasteiger partial charge in [-0.3, -0.25) is 14.4 Å². The van der Waals surface area contributed by atoms with Gasteiger partial charge >= 0.3 is 0 Å². The quantitative estimate of drug-likeness (QED) is 0.667.